The largest absolute Gasteiger partial charge is 0.345 e. The van der Waals surface area contributed by atoms with Gasteiger partial charge in [-0.2, -0.15) is 0 Å². The molecule has 0 fully saturated rings. The molecule has 0 radical (unpaired) electrons. The van der Waals surface area contributed by atoms with E-state index in [1.165, 1.54) is 16.7 Å². The second kappa shape index (κ2) is 9.25. The van der Waals surface area contributed by atoms with Crippen LogP contribution in [0.3, 0.4) is 0 Å². The van der Waals surface area contributed by atoms with Gasteiger partial charge < -0.3 is 10.6 Å². The van der Waals surface area contributed by atoms with Gasteiger partial charge in [0.2, 0.25) is 5.95 Å². The Kier molecular flexibility index (Phi) is 5.85. The highest BCUT2D eigenvalue weighted by atomic mass is 16.1. The lowest BCUT2D eigenvalue weighted by molar-refractivity contribution is 0.0933. The van der Waals surface area contributed by atoms with Crippen LogP contribution in [-0.4, -0.2) is 15.9 Å². The van der Waals surface area contributed by atoms with Crippen LogP contribution in [0.25, 0.3) is 11.1 Å². The van der Waals surface area contributed by atoms with Gasteiger partial charge in [-0.15, -0.1) is 0 Å². The molecule has 33 heavy (non-hydrogen) atoms. The van der Waals surface area contributed by atoms with Crippen molar-refractivity contribution in [3.05, 3.63) is 107 Å². The summed E-state index contributed by atoms with van der Waals surface area (Å²) in [4.78, 5) is 21.9. The van der Waals surface area contributed by atoms with Gasteiger partial charge in [-0.25, -0.2) is 9.97 Å². The average Bonchev–Trinajstić information content (AvgIpc) is 2.85. The van der Waals surface area contributed by atoms with Crippen LogP contribution in [0, 0.1) is 6.92 Å². The lowest BCUT2D eigenvalue weighted by atomic mass is 9.87. The summed E-state index contributed by atoms with van der Waals surface area (Å²) in [7, 11) is 0. The molecule has 5 nitrogen and oxygen atoms in total. The Labute approximate surface area is 193 Å². The van der Waals surface area contributed by atoms with Crippen LogP contribution in [0.2, 0.25) is 0 Å². The second-order valence-corrected chi connectivity index (χ2v) is 8.49. The van der Waals surface area contributed by atoms with E-state index in [9.17, 15) is 4.79 Å². The van der Waals surface area contributed by atoms with Crippen LogP contribution in [0.15, 0.2) is 85.2 Å². The van der Waals surface area contributed by atoms with Crippen molar-refractivity contribution in [3.8, 4) is 11.1 Å². The van der Waals surface area contributed by atoms with Crippen LogP contribution >= 0.6 is 0 Å². The Morgan fingerprint density at radius 2 is 1.73 bits per heavy atom. The van der Waals surface area contributed by atoms with Gasteiger partial charge >= 0.3 is 0 Å². The molecule has 0 spiro atoms. The smallest absolute Gasteiger partial charge is 0.251 e. The third-order valence-corrected chi connectivity index (χ3v) is 6.06. The summed E-state index contributed by atoms with van der Waals surface area (Å²) in [5.74, 6) is 0.418. The molecule has 1 amide bonds. The number of hydrogen-bond acceptors (Lipinski definition) is 4. The van der Waals surface area contributed by atoms with Crippen molar-refractivity contribution >= 4 is 17.5 Å². The van der Waals surface area contributed by atoms with E-state index < -0.39 is 0 Å². The molecule has 2 N–H and O–H groups in total. The zero-order valence-corrected chi connectivity index (χ0v) is 18.6. The Balaban J connectivity index is 1.28. The number of benzene rings is 3. The van der Waals surface area contributed by atoms with E-state index in [0.717, 1.165) is 36.1 Å². The molecule has 1 aliphatic rings. The highest BCUT2D eigenvalue weighted by Gasteiger charge is 2.22. The van der Waals surface area contributed by atoms with Crippen molar-refractivity contribution < 1.29 is 4.79 Å². The Morgan fingerprint density at radius 3 is 2.58 bits per heavy atom. The maximum Gasteiger partial charge on any atom is 0.251 e. The maximum atomic E-state index is 13.0. The quantitative estimate of drug-likeness (QED) is 0.404. The molecule has 0 bridgehead atoms. The van der Waals surface area contributed by atoms with Gasteiger partial charge in [-0.05, 0) is 61.1 Å². The molecule has 3 aromatic carbocycles. The van der Waals surface area contributed by atoms with Crippen molar-refractivity contribution in [1.82, 2.24) is 15.3 Å². The molecule has 4 aromatic rings. The number of nitrogens with zero attached hydrogens (tertiary/aromatic N) is 2. The van der Waals surface area contributed by atoms with Crippen molar-refractivity contribution in [1.29, 1.82) is 0 Å². The molecule has 0 saturated carbocycles. The first kappa shape index (κ1) is 20.9. The molecule has 5 rings (SSSR count). The standard InChI is InChI=1S/C28H26N4O/c1-19-7-4-10-21(15-19)23-17-29-28(30-18-23)31-24-12-5-11-22(16-24)27(33)32-26-14-6-9-20-8-2-3-13-25(20)26/h2-5,7-8,10-13,15-18,26H,6,9,14H2,1H3,(H,32,33)(H,29,30,31)/t26-/m0/s1. The van der Waals surface area contributed by atoms with Crippen molar-refractivity contribution in [2.24, 2.45) is 0 Å². The first-order chi connectivity index (χ1) is 16.2. The van der Waals surface area contributed by atoms with Crippen LogP contribution in [0.5, 0.6) is 0 Å². The summed E-state index contributed by atoms with van der Waals surface area (Å²) in [5.41, 5.74) is 7.19. The van der Waals surface area contributed by atoms with E-state index in [1.54, 1.807) is 12.4 Å². The fourth-order valence-electron chi connectivity index (χ4n) is 4.38. The van der Waals surface area contributed by atoms with Gasteiger partial charge in [-0.1, -0.05) is 60.2 Å². The van der Waals surface area contributed by atoms with Gasteiger partial charge in [0, 0.05) is 29.2 Å². The number of hydrogen-bond donors (Lipinski definition) is 2. The van der Waals surface area contributed by atoms with Crippen molar-refractivity contribution in [2.75, 3.05) is 5.32 Å². The van der Waals surface area contributed by atoms with E-state index in [0.29, 0.717) is 11.5 Å². The normalized spacial score (nSPS) is 14.9. The number of nitrogens with one attached hydrogen (secondary N) is 2. The summed E-state index contributed by atoms with van der Waals surface area (Å²) >= 11 is 0. The Morgan fingerprint density at radius 1 is 0.909 bits per heavy atom. The summed E-state index contributed by atoms with van der Waals surface area (Å²) < 4.78 is 0. The first-order valence-electron chi connectivity index (χ1n) is 11.3. The molecule has 1 heterocycles. The zero-order chi connectivity index (χ0) is 22.6. The van der Waals surface area contributed by atoms with Crippen LogP contribution < -0.4 is 10.6 Å². The van der Waals surface area contributed by atoms with E-state index in [1.807, 2.05) is 42.5 Å². The summed E-state index contributed by atoms with van der Waals surface area (Å²) in [6, 6.07) is 24.1. The highest BCUT2D eigenvalue weighted by molar-refractivity contribution is 5.95. The van der Waals surface area contributed by atoms with Gasteiger partial charge in [0.1, 0.15) is 0 Å². The van der Waals surface area contributed by atoms with E-state index >= 15 is 0 Å². The molecule has 0 saturated heterocycles. The third-order valence-electron chi connectivity index (χ3n) is 6.06. The molecule has 1 atom stereocenters. The molecule has 5 heteroatoms. The second-order valence-electron chi connectivity index (χ2n) is 8.49. The lowest BCUT2D eigenvalue weighted by Crippen LogP contribution is -2.31. The number of aryl methyl sites for hydroxylation is 2. The molecule has 0 aliphatic heterocycles. The number of amides is 1. The molecule has 0 unspecified atom stereocenters. The van der Waals surface area contributed by atoms with Gasteiger partial charge in [0.05, 0.1) is 6.04 Å². The van der Waals surface area contributed by atoms with Gasteiger partial charge in [0.25, 0.3) is 5.91 Å². The predicted molar refractivity (Wildman–Crippen MR) is 132 cm³/mol. The van der Waals surface area contributed by atoms with Gasteiger partial charge in [-0.3, -0.25) is 4.79 Å². The predicted octanol–water partition coefficient (Wildman–Crippen LogP) is 6.00. The minimum atomic E-state index is -0.0731. The number of aromatic nitrogens is 2. The molecule has 164 valence electrons. The summed E-state index contributed by atoms with van der Waals surface area (Å²) in [6.45, 7) is 2.07. The third kappa shape index (κ3) is 4.77. The van der Waals surface area contributed by atoms with E-state index in [-0.39, 0.29) is 11.9 Å². The molecular weight excluding hydrogens is 408 g/mol. The molecule has 1 aliphatic carbocycles. The van der Waals surface area contributed by atoms with Crippen LogP contribution in [-0.2, 0) is 6.42 Å². The monoisotopic (exact) mass is 434 g/mol. The number of anilines is 2. The fraction of sp³-hybridized carbons (Fsp3) is 0.179. The number of carbonyl (C=O) groups excluding carboxylic acids is 1. The average molecular weight is 435 g/mol. The van der Waals surface area contributed by atoms with Crippen molar-refractivity contribution in [3.63, 3.8) is 0 Å². The lowest BCUT2D eigenvalue weighted by Gasteiger charge is -2.26. The zero-order valence-electron chi connectivity index (χ0n) is 18.6. The van der Waals surface area contributed by atoms with E-state index in [4.69, 9.17) is 0 Å². The Hall–Kier alpha value is -3.99. The topological polar surface area (TPSA) is 66.9 Å². The summed E-state index contributed by atoms with van der Waals surface area (Å²) in [6.07, 6.45) is 6.73. The van der Waals surface area contributed by atoms with E-state index in [2.05, 4.69) is 57.9 Å². The highest BCUT2D eigenvalue weighted by Crippen LogP contribution is 2.30. The molecular formula is C28H26N4O. The fourth-order valence-corrected chi connectivity index (χ4v) is 4.38. The SMILES string of the molecule is Cc1cccc(-c2cnc(Nc3cccc(C(=O)N[C@H]4CCCc5ccccc54)c3)nc2)c1. The van der Waals surface area contributed by atoms with Crippen LogP contribution in [0.1, 0.15) is 45.9 Å². The minimum Gasteiger partial charge on any atom is -0.345 e. The number of rotatable bonds is 5. The maximum absolute atomic E-state index is 13.0. The van der Waals surface area contributed by atoms with Crippen molar-refractivity contribution in [2.45, 2.75) is 32.2 Å². The van der Waals surface area contributed by atoms with Gasteiger partial charge in [0.15, 0.2) is 0 Å². The Bertz CT molecular complexity index is 1280. The summed E-state index contributed by atoms with van der Waals surface area (Å²) in [5, 5.41) is 6.42. The van der Waals surface area contributed by atoms with Crippen LogP contribution in [0.4, 0.5) is 11.6 Å². The molecule has 1 aromatic heterocycles. The number of carbonyl (C=O) groups is 1. The number of fused-ring (bicyclic) bond motifs is 1. The minimum absolute atomic E-state index is 0.0524. The first-order valence-corrected chi connectivity index (χ1v) is 11.3.